The van der Waals surface area contributed by atoms with Crippen LogP contribution in [-0.2, 0) is 7.05 Å². The van der Waals surface area contributed by atoms with Gasteiger partial charge in [0, 0.05) is 7.05 Å². The maximum absolute atomic E-state index is 13.7. The van der Waals surface area contributed by atoms with Crippen molar-refractivity contribution in [3.63, 3.8) is 0 Å². The van der Waals surface area contributed by atoms with Gasteiger partial charge in [-0.1, -0.05) is 11.3 Å². The molecule has 0 saturated heterocycles. The maximum atomic E-state index is 13.7. The van der Waals surface area contributed by atoms with Gasteiger partial charge in [-0.3, -0.25) is 14.5 Å². The number of anilines is 1. The third-order valence-electron chi connectivity index (χ3n) is 3.70. The first-order chi connectivity index (χ1) is 13.0. The van der Waals surface area contributed by atoms with Gasteiger partial charge in [-0.05, 0) is 18.2 Å². The van der Waals surface area contributed by atoms with E-state index in [-0.39, 0.29) is 0 Å². The summed E-state index contributed by atoms with van der Waals surface area (Å²) in [7, 11) is 1.75. The number of pyridine rings is 1. The van der Waals surface area contributed by atoms with Crippen molar-refractivity contribution in [3.05, 3.63) is 60.3 Å². The number of carbonyl (C=O) groups excluding carboxylic acids is 1. The molecule has 0 radical (unpaired) electrons. The van der Waals surface area contributed by atoms with Gasteiger partial charge in [0.05, 0.1) is 30.5 Å². The number of furan rings is 1. The monoisotopic (exact) mass is 387 g/mol. The third kappa shape index (κ3) is 3.22. The van der Waals surface area contributed by atoms with E-state index in [1.54, 1.807) is 36.2 Å². The Morgan fingerprint density at radius 1 is 1.26 bits per heavy atom. The Labute approximate surface area is 155 Å². The van der Waals surface area contributed by atoms with Crippen LogP contribution in [-0.4, -0.2) is 25.7 Å². The van der Waals surface area contributed by atoms with Gasteiger partial charge in [-0.2, -0.15) is 5.10 Å². The Balaban J connectivity index is 1.58. The minimum absolute atomic E-state index is 0.339. The summed E-state index contributed by atoms with van der Waals surface area (Å²) < 4.78 is 34.3. The molecule has 136 valence electrons. The van der Waals surface area contributed by atoms with Crippen LogP contribution in [0.15, 0.2) is 47.5 Å². The van der Waals surface area contributed by atoms with Gasteiger partial charge in [-0.25, -0.2) is 13.8 Å². The topological polar surface area (TPSA) is 85.8 Å². The molecule has 1 N–H and O–H groups in total. The molecule has 0 aliphatic heterocycles. The maximum Gasteiger partial charge on any atom is 0.262 e. The largest absolute Gasteiger partial charge is 0.463 e. The standard InChI is InChI=1S/C17H11F2N5O2S/c1-24-12(5-11(23-24)13-3-2-4-26-13)17-21-8-14(27-17)22-16(25)15-9(18)6-20-7-10(15)19/h2-8H,1H3,(H,22,25). The SMILES string of the molecule is Cn1nc(-c2ccco2)cc1-c1ncc(NC(=O)c2c(F)cncc2F)s1. The van der Waals surface area contributed by atoms with Crippen molar-refractivity contribution in [2.75, 3.05) is 5.32 Å². The molecule has 1 amide bonds. The van der Waals surface area contributed by atoms with Crippen molar-refractivity contribution in [1.29, 1.82) is 0 Å². The van der Waals surface area contributed by atoms with Crippen LogP contribution in [0.5, 0.6) is 0 Å². The predicted molar refractivity (Wildman–Crippen MR) is 94.1 cm³/mol. The van der Waals surface area contributed by atoms with Crippen molar-refractivity contribution >= 4 is 22.2 Å². The van der Waals surface area contributed by atoms with Crippen LogP contribution in [0.25, 0.3) is 22.2 Å². The molecule has 4 aromatic heterocycles. The number of carbonyl (C=O) groups is 1. The van der Waals surface area contributed by atoms with Crippen LogP contribution in [0, 0.1) is 11.6 Å². The van der Waals surface area contributed by atoms with Crippen molar-refractivity contribution < 1.29 is 18.0 Å². The Morgan fingerprint density at radius 2 is 2.04 bits per heavy atom. The van der Waals surface area contributed by atoms with Crippen LogP contribution in [0.4, 0.5) is 13.8 Å². The molecule has 0 fully saturated rings. The Morgan fingerprint density at radius 3 is 2.74 bits per heavy atom. The summed E-state index contributed by atoms with van der Waals surface area (Å²) in [4.78, 5) is 19.8. The van der Waals surface area contributed by atoms with Crippen molar-refractivity contribution in [2.24, 2.45) is 7.05 Å². The molecule has 4 aromatic rings. The summed E-state index contributed by atoms with van der Waals surface area (Å²) in [5.41, 5.74) is 0.646. The van der Waals surface area contributed by atoms with E-state index in [2.05, 4.69) is 20.4 Å². The van der Waals surface area contributed by atoms with E-state index >= 15 is 0 Å². The van der Waals surface area contributed by atoms with Crippen molar-refractivity contribution in [3.8, 4) is 22.2 Å². The fourth-order valence-electron chi connectivity index (χ4n) is 2.47. The normalized spacial score (nSPS) is 10.9. The minimum Gasteiger partial charge on any atom is -0.463 e. The number of aromatic nitrogens is 4. The molecule has 0 aliphatic rings. The number of amides is 1. The van der Waals surface area contributed by atoms with Crippen LogP contribution in [0.2, 0.25) is 0 Å². The van der Waals surface area contributed by atoms with E-state index in [0.29, 0.717) is 27.2 Å². The second kappa shape index (κ2) is 6.72. The lowest BCUT2D eigenvalue weighted by Crippen LogP contribution is -2.15. The summed E-state index contributed by atoms with van der Waals surface area (Å²) in [5, 5.41) is 7.73. The highest BCUT2D eigenvalue weighted by atomic mass is 32.1. The summed E-state index contributed by atoms with van der Waals surface area (Å²) in [6.07, 6.45) is 4.52. The van der Waals surface area contributed by atoms with Gasteiger partial charge in [0.15, 0.2) is 17.4 Å². The molecule has 0 atom stereocenters. The van der Waals surface area contributed by atoms with E-state index in [4.69, 9.17) is 4.42 Å². The lowest BCUT2D eigenvalue weighted by atomic mass is 10.2. The first kappa shape index (κ1) is 17.0. The molecular formula is C17H11F2N5O2S. The van der Waals surface area contributed by atoms with E-state index in [0.717, 1.165) is 23.7 Å². The van der Waals surface area contributed by atoms with Crippen LogP contribution < -0.4 is 5.32 Å². The number of rotatable bonds is 4. The summed E-state index contributed by atoms with van der Waals surface area (Å²) in [6, 6.07) is 5.35. The summed E-state index contributed by atoms with van der Waals surface area (Å²) in [5.74, 6) is -2.37. The second-order valence-electron chi connectivity index (χ2n) is 5.48. The number of thiazole rings is 1. The van der Waals surface area contributed by atoms with Gasteiger partial charge in [-0.15, -0.1) is 0 Å². The van der Waals surface area contributed by atoms with Gasteiger partial charge >= 0.3 is 0 Å². The van der Waals surface area contributed by atoms with Crippen molar-refractivity contribution in [2.45, 2.75) is 0 Å². The molecule has 0 bridgehead atoms. The van der Waals surface area contributed by atoms with Gasteiger partial charge in [0.1, 0.15) is 21.3 Å². The lowest BCUT2D eigenvalue weighted by Gasteiger charge is -2.03. The molecule has 0 aliphatic carbocycles. The Hall–Kier alpha value is -3.40. The highest BCUT2D eigenvalue weighted by molar-refractivity contribution is 7.19. The molecule has 4 rings (SSSR count). The molecule has 0 unspecified atom stereocenters. The first-order valence-electron chi connectivity index (χ1n) is 7.67. The zero-order chi connectivity index (χ0) is 19.0. The molecule has 4 heterocycles. The number of nitrogens with one attached hydrogen (secondary N) is 1. The molecular weight excluding hydrogens is 376 g/mol. The fourth-order valence-corrected chi connectivity index (χ4v) is 3.32. The number of aryl methyl sites for hydroxylation is 1. The highest BCUT2D eigenvalue weighted by Gasteiger charge is 2.20. The zero-order valence-corrected chi connectivity index (χ0v) is 14.6. The molecule has 27 heavy (non-hydrogen) atoms. The predicted octanol–water partition coefficient (Wildman–Crippen LogP) is 3.73. The number of hydrogen-bond donors (Lipinski definition) is 1. The number of nitrogens with zero attached hydrogens (tertiary/aromatic N) is 4. The number of halogens is 2. The Bertz CT molecular complexity index is 1100. The summed E-state index contributed by atoms with van der Waals surface area (Å²) in [6.45, 7) is 0. The quantitative estimate of drug-likeness (QED) is 0.577. The van der Waals surface area contributed by atoms with E-state index < -0.39 is 23.1 Å². The molecule has 7 nitrogen and oxygen atoms in total. The number of hydrogen-bond acceptors (Lipinski definition) is 6. The molecule has 0 aromatic carbocycles. The summed E-state index contributed by atoms with van der Waals surface area (Å²) >= 11 is 1.15. The average Bonchev–Trinajstić information content (AvgIpc) is 3.35. The highest BCUT2D eigenvalue weighted by Crippen LogP contribution is 2.31. The third-order valence-corrected chi connectivity index (χ3v) is 4.63. The van der Waals surface area contributed by atoms with Crippen LogP contribution in [0.1, 0.15) is 10.4 Å². The van der Waals surface area contributed by atoms with Crippen molar-refractivity contribution in [1.82, 2.24) is 19.7 Å². The fraction of sp³-hybridized carbons (Fsp3) is 0.0588. The lowest BCUT2D eigenvalue weighted by molar-refractivity contribution is 0.101. The smallest absolute Gasteiger partial charge is 0.262 e. The van der Waals surface area contributed by atoms with Crippen LogP contribution in [0.3, 0.4) is 0 Å². The average molecular weight is 387 g/mol. The zero-order valence-electron chi connectivity index (χ0n) is 13.8. The van der Waals surface area contributed by atoms with E-state index in [1.807, 2.05) is 0 Å². The van der Waals surface area contributed by atoms with Gasteiger partial charge < -0.3 is 9.73 Å². The molecule has 10 heteroatoms. The molecule has 0 saturated carbocycles. The van der Waals surface area contributed by atoms with E-state index in [1.165, 1.54) is 6.20 Å². The first-order valence-corrected chi connectivity index (χ1v) is 8.49. The Kier molecular flexibility index (Phi) is 4.24. The van der Waals surface area contributed by atoms with Gasteiger partial charge in [0.25, 0.3) is 5.91 Å². The minimum atomic E-state index is -1.04. The van der Waals surface area contributed by atoms with Gasteiger partial charge in [0.2, 0.25) is 0 Å². The second-order valence-corrected chi connectivity index (χ2v) is 6.51. The van der Waals surface area contributed by atoms with E-state index in [9.17, 15) is 13.6 Å². The molecule has 0 spiro atoms. The van der Waals surface area contributed by atoms with Crippen LogP contribution >= 0.6 is 11.3 Å².